The van der Waals surface area contributed by atoms with Crippen LogP contribution in [0.4, 0.5) is 0 Å². The molecular formula is C15H21BrO. The Hall–Kier alpha value is -0.500. The van der Waals surface area contributed by atoms with E-state index in [1.807, 2.05) is 0 Å². The van der Waals surface area contributed by atoms with Crippen LogP contribution in [0.3, 0.4) is 0 Å². The molecule has 0 spiro atoms. The number of rotatable bonds is 5. The number of ether oxygens (including phenoxy) is 1. The van der Waals surface area contributed by atoms with Crippen molar-refractivity contribution in [3.63, 3.8) is 0 Å². The standard InChI is InChI=1S/C15H21BrO/c1-17-15-8-6-12(7-9-15)10-14(11-16)13-4-2-3-5-13/h6-9,13-14H,2-5,10-11H2,1H3. The summed E-state index contributed by atoms with van der Waals surface area (Å²) in [5, 5.41) is 1.13. The van der Waals surface area contributed by atoms with Gasteiger partial charge >= 0.3 is 0 Å². The first-order valence-electron chi connectivity index (χ1n) is 6.52. The molecule has 1 unspecified atom stereocenters. The first-order valence-corrected chi connectivity index (χ1v) is 7.64. The topological polar surface area (TPSA) is 9.23 Å². The summed E-state index contributed by atoms with van der Waals surface area (Å²) < 4.78 is 5.19. The fraction of sp³-hybridized carbons (Fsp3) is 0.600. The Kier molecular flexibility index (Phi) is 4.90. The molecule has 1 nitrogen and oxygen atoms in total. The van der Waals surface area contributed by atoms with Gasteiger partial charge in [0.15, 0.2) is 0 Å². The van der Waals surface area contributed by atoms with Crippen LogP contribution < -0.4 is 4.74 Å². The van der Waals surface area contributed by atoms with Crippen molar-refractivity contribution in [2.24, 2.45) is 11.8 Å². The summed E-state index contributed by atoms with van der Waals surface area (Å²) in [6.07, 6.45) is 6.90. The summed E-state index contributed by atoms with van der Waals surface area (Å²) >= 11 is 3.69. The third-order valence-electron chi connectivity index (χ3n) is 3.92. The van der Waals surface area contributed by atoms with Crippen molar-refractivity contribution in [3.05, 3.63) is 29.8 Å². The first-order chi connectivity index (χ1) is 8.33. The molecule has 0 saturated heterocycles. The average molecular weight is 297 g/mol. The lowest BCUT2D eigenvalue weighted by Gasteiger charge is -2.21. The van der Waals surface area contributed by atoms with Crippen molar-refractivity contribution < 1.29 is 4.74 Å². The monoisotopic (exact) mass is 296 g/mol. The Morgan fingerprint density at radius 2 is 1.88 bits per heavy atom. The molecule has 2 heteroatoms. The van der Waals surface area contributed by atoms with Gasteiger partial charge in [-0.2, -0.15) is 0 Å². The van der Waals surface area contributed by atoms with E-state index in [0.29, 0.717) is 0 Å². The number of hydrogen-bond donors (Lipinski definition) is 0. The van der Waals surface area contributed by atoms with Crippen molar-refractivity contribution in [2.45, 2.75) is 32.1 Å². The smallest absolute Gasteiger partial charge is 0.118 e. The Labute approximate surface area is 113 Å². The third kappa shape index (κ3) is 3.48. The molecule has 0 N–H and O–H groups in total. The van der Waals surface area contributed by atoms with E-state index in [9.17, 15) is 0 Å². The first kappa shape index (κ1) is 12.9. The number of halogens is 1. The van der Waals surface area contributed by atoms with Crippen LogP contribution in [0.25, 0.3) is 0 Å². The summed E-state index contributed by atoms with van der Waals surface area (Å²) in [6.45, 7) is 0. The Bertz CT molecular complexity index is 327. The van der Waals surface area contributed by atoms with E-state index in [0.717, 1.165) is 22.9 Å². The molecule has 94 valence electrons. The second-order valence-electron chi connectivity index (χ2n) is 5.01. The van der Waals surface area contributed by atoms with E-state index in [1.165, 1.54) is 37.7 Å². The maximum absolute atomic E-state index is 5.19. The molecule has 0 bridgehead atoms. The third-order valence-corrected chi connectivity index (χ3v) is 4.75. The molecule has 0 radical (unpaired) electrons. The van der Waals surface area contributed by atoms with Gasteiger partial charge in [-0.25, -0.2) is 0 Å². The van der Waals surface area contributed by atoms with E-state index < -0.39 is 0 Å². The zero-order valence-electron chi connectivity index (χ0n) is 10.5. The Morgan fingerprint density at radius 3 is 2.41 bits per heavy atom. The number of hydrogen-bond acceptors (Lipinski definition) is 1. The average Bonchev–Trinajstić information content (AvgIpc) is 2.90. The normalized spacial score (nSPS) is 18.2. The van der Waals surface area contributed by atoms with Crippen molar-refractivity contribution >= 4 is 15.9 Å². The predicted molar refractivity (Wildman–Crippen MR) is 75.9 cm³/mol. The molecule has 1 aliphatic carbocycles. The summed E-state index contributed by atoms with van der Waals surface area (Å²) in [5.74, 6) is 2.67. The van der Waals surface area contributed by atoms with Gasteiger partial charge < -0.3 is 4.74 Å². The Balaban J connectivity index is 1.96. The molecule has 0 heterocycles. The van der Waals surface area contributed by atoms with Crippen LogP contribution in [0.5, 0.6) is 5.75 Å². The molecule has 1 atom stereocenters. The molecule has 0 amide bonds. The van der Waals surface area contributed by atoms with Gasteiger partial charge in [-0.1, -0.05) is 53.7 Å². The van der Waals surface area contributed by atoms with Crippen LogP contribution >= 0.6 is 15.9 Å². The predicted octanol–water partition coefficient (Wildman–Crippen LogP) is 4.44. The molecule has 0 aliphatic heterocycles. The second kappa shape index (κ2) is 6.44. The zero-order chi connectivity index (χ0) is 12.1. The molecule has 0 aromatic heterocycles. The van der Waals surface area contributed by atoms with Crippen LogP contribution in [0.1, 0.15) is 31.2 Å². The number of methoxy groups -OCH3 is 1. The summed E-state index contributed by atoms with van der Waals surface area (Å²) in [6, 6.07) is 8.53. The van der Waals surface area contributed by atoms with Gasteiger partial charge in [-0.05, 0) is 36.0 Å². The van der Waals surface area contributed by atoms with E-state index in [-0.39, 0.29) is 0 Å². The highest BCUT2D eigenvalue weighted by Crippen LogP contribution is 2.34. The van der Waals surface area contributed by atoms with Crippen LogP contribution in [-0.2, 0) is 6.42 Å². The molecular weight excluding hydrogens is 276 g/mol. The van der Waals surface area contributed by atoms with Gasteiger partial charge in [-0.15, -0.1) is 0 Å². The van der Waals surface area contributed by atoms with Crippen molar-refractivity contribution in [3.8, 4) is 5.75 Å². The van der Waals surface area contributed by atoms with E-state index in [2.05, 4.69) is 40.2 Å². The summed E-state index contributed by atoms with van der Waals surface area (Å²) in [4.78, 5) is 0. The summed E-state index contributed by atoms with van der Waals surface area (Å²) in [7, 11) is 1.72. The molecule has 17 heavy (non-hydrogen) atoms. The highest BCUT2D eigenvalue weighted by molar-refractivity contribution is 9.09. The van der Waals surface area contributed by atoms with Gasteiger partial charge in [0.2, 0.25) is 0 Å². The van der Waals surface area contributed by atoms with Crippen molar-refractivity contribution in [1.29, 1.82) is 0 Å². The van der Waals surface area contributed by atoms with Crippen molar-refractivity contribution in [1.82, 2.24) is 0 Å². The largest absolute Gasteiger partial charge is 0.497 e. The minimum atomic E-state index is 0.797. The number of benzene rings is 1. The van der Waals surface area contributed by atoms with Crippen LogP contribution in [0, 0.1) is 11.8 Å². The van der Waals surface area contributed by atoms with E-state index >= 15 is 0 Å². The van der Waals surface area contributed by atoms with Gasteiger partial charge in [0.05, 0.1) is 7.11 Å². The lowest BCUT2D eigenvalue weighted by atomic mass is 9.87. The fourth-order valence-corrected chi connectivity index (χ4v) is 3.60. The molecule has 1 saturated carbocycles. The second-order valence-corrected chi connectivity index (χ2v) is 5.66. The maximum atomic E-state index is 5.19. The Morgan fingerprint density at radius 1 is 1.24 bits per heavy atom. The SMILES string of the molecule is COc1ccc(CC(CBr)C2CCCC2)cc1. The molecule has 1 fully saturated rings. The lowest BCUT2D eigenvalue weighted by Crippen LogP contribution is -2.16. The minimum absolute atomic E-state index is 0.797. The van der Waals surface area contributed by atoms with E-state index in [1.54, 1.807) is 7.11 Å². The molecule has 1 aliphatic rings. The fourth-order valence-electron chi connectivity index (χ4n) is 2.84. The molecule has 1 aromatic rings. The molecule has 1 aromatic carbocycles. The minimum Gasteiger partial charge on any atom is -0.497 e. The number of alkyl halides is 1. The van der Waals surface area contributed by atoms with Gasteiger partial charge in [0.1, 0.15) is 5.75 Å². The van der Waals surface area contributed by atoms with Crippen molar-refractivity contribution in [2.75, 3.05) is 12.4 Å². The van der Waals surface area contributed by atoms with Gasteiger partial charge in [-0.3, -0.25) is 0 Å². The van der Waals surface area contributed by atoms with E-state index in [4.69, 9.17) is 4.74 Å². The highest BCUT2D eigenvalue weighted by Gasteiger charge is 2.24. The lowest BCUT2D eigenvalue weighted by molar-refractivity contribution is 0.372. The highest BCUT2D eigenvalue weighted by atomic mass is 79.9. The van der Waals surface area contributed by atoms with Gasteiger partial charge in [0, 0.05) is 5.33 Å². The van der Waals surface area contributed by atoms with Crippen LogP contribution in [0.15, 0.2) is 24.3 Å². The van der Waals surface area contributed by atoms with Crippen LogP contribution in [0.2, 0.25) is 0 Å². The zero-order valence-corrected chi connectivity index (χ0v) is 12.1. The maximum Gasteiger partial charge on any atom is 0.118 e. The quantitative estimate of drug-likeness (QED) is 0.730. The van der Waals surface area contributed by atoms with Crippen LogP contribution in [-0.4, -0.2) is 12.4 Å². The summed E-state index contributed by atoms with van der Waals surface area (Å²) in [5.41, 5.74) is 1.43. The van der Waals surface area contributed by atoms with Gasteiger partial charge in [0.25, 0.3) is 0 Å². The molecule has 2 rings (SSSR count).